The average Bonchev–Trinajstić information content (AvgIpc) is 3.44. The molecule has 8 nitrogen and oxygen atoms in total. The van der Waals surface area contributed by atoms with E-state index in [-0.39, 0.29) is 18.3 Å². The van der Waals surface area contributed by atoms with E-state index in [1.807, 2.05) is 35.8 Å². The van der Waals surface area contributed by atoms with Crippen LogP contribution in [0, 0.1) is 0 Å². The second-order valence-electron chi connectivity index (χ2n) is 6.72. The summed E-state index contributed by atoms with van der Waals surface area (Å²) in [6, 6.07) is 9.55. The van der Waals surface area contributed by atoms with E-state index in [0.717, 1.165) is 43.1 Å². The monoisotopic (exact) mass is 441 g/mol. The molecule has 1 aromatic carbocycles. The zero-order chi connectivity index (χ0) is 19.6. The van der Waals surface area contributed by atoms with Gasteiger partial charge in [-0.1, -0.05) is 6.07 Å². The molecule has 0 unspecified atom stereocenters. The molecule has 1 amide bonds. The largest absolute Gasteiger partial charge is 0.354 e. The molecule has 4 heterocycles. The third kappa shape index (κ3) is 4.00. The number of amides is 1. The number of nitrogens with one attached hydrogen (secondary N) is 3. The Labute approximate surface area is 183 Å². The van der Waals surface area contributed by atoms with Gasteiger partial charge < -0.3 is 15.2 Å². The van der Waals surface area contributed by atoms with Crippen molar-refractivity contribution in [1.29, 1.82) is 0 Å². The number of rotatable bonds is 4. The molecule has 1 aliphatic heterocycles. The predicted octanol–water partition coefficient (Wildman–Crippen LogP) is 3.17. The van der Waals surface area contributed by atoms with Gasteiger partial charge in [0.25, 0.3) is 5.91 Å². The summed E-state index contributed by atoms with van der Waals surface area (Å²) in [5, 5.41) is 8.54. The SMILES string of the molecule is Cl.O=C(Nc1nccs1)c1cccc2[nH]c(-c3ccc(N4CCNCC4)nc3)nc12. The predicted molar refractivity (Wildman–Crippen MR) is 122 cm³/mol. The number of benzene rings is 1. The highest BCUT2D eigenvalue weighted by molar-refractivity contribution is 7.13. The molecule has 3 aromatic heterocycles. The molecule has 0 saturated carbocycles. The van der Waals surface area contributed by atoms with E-state index in [9.17, 15) is 4.79 Å². The second kappa shape index (κ2) is 8.78. The van der Waals surface area contributed by atoms with Crippen LogP contribution in [0.5, 0.6) is 0 Å². The smallest absolute Gasteiger partial charge is 0.259 e. The Hall–Kier alpha value is -3.01. The molecule has 0 bridgehead atoms. The molecule has 1 fully saturated rings. The summed E-state index contributed by atoms with van der Waals surface area (Å²) in [4.78, 5) is 31.6. The molecule has 154 valence electrons. The van der Waals surface area contributed by atoms with Crippen LogP contribution >= 0.6 is 23.7 Å². The van der Waals surface area contributed by atoms with Gasteiger partial charge in [0.05, 0.1) is 11.1 Å². The normalized spacial score (nSPS) is 13.8. The van der Waals surface area contributed by atoms with E-state index < -0.39 is 0 Å². The molecule has 0 atom stereocenters. The van der Waals surface area contributed by atoms with Crippen LogP contribution in [0.3, 0.4) is 0 Å². The highest BCUT2D eigenvalue weighted by atomic mass is 35.5. The van der Waals surface area contributed by atoms with Crippen molar-refractivity contribution in [2.75, 3.05) is 36.4 Å². The number of nitrogens with zero attached hydrogens (tertiary/aromatic N) is 4. The maximum absolute atomic E-state index is 12.7. The number of anilines is 2. The fraction of sp³-hybridized carbons (Fsp3) is 0.200. The van der Waals surface area contributed by atoms with Crippen molar-refractivity contribution in [2.45, 2.75) is 0 Å². The number of halogens is 1. The minimum atomic E-state index is -0.226. The van der Waals surface area contributed by atoms with Gasteiger partial charge in [0, 0.05) is 49.5 Å². The molecule has 5 rings (SSSR count). The first kappa shape index (κ1) is 20.3. The van der Waals surface area contributed by atoms with Gasteiger partial charge in [-0.25, -0.2) is 15.0 Å². The Bertz CT molecular complexity index is 1140. The lowest BCUT2D eigenvalue weighted by atomic mass is 10.2. The van der Waals surface area contributed by atoms with Crippen LogP contribution in [-0.4, -0.2) is 52.0 Å². The van der Waals surface area contributed by atoms with Gasteiger partial charge >= 0.3 is 0 Å². The summed E-state index contributed by atoms with van der Waals surface area (Å²) >= 11 is 1.38. The molecular formula is C20H20ClN7OS. The van der Waals surface area contributed by atoms with Crippen LogP contribution in [0.25, 0.3) is 22.4 Å². The number of H-pyrrole nitrogens is 1. The van der Waals surface area contributed by atoms with Gasteiger partial charge in [0.2, 0.25) is 0 Å². The second-order valence-corrected chi connectivity index (χ2v) is 7.62. The van der Waals surface area contributed by atoms with Gasteiger partial charge in [-0.2, -0.15) is 0 Å². The zero-order valence-electron chi connectivity index (χ0n) is 16.0. The van der Waals surface area contributed by atoms with Crippen LogP contribution in [0.4, 0.5) is 10.9 Å². The van der Waals surface area contributed by atoms with Crippen molar-refractivity contribution in [3.8, 4) is 11.4 Å². The fourth-order valence-corrected chi connectivity index (χ4v) is 3.93. The first-order valence-electron chi connectivity index (χ1n) is 9.39. The first-order chi connectivity index (χ1) is 14.3. The number of pyridine rings is 1. The van der Waals surface area contributed by atoms with Gasteiger partial charge in [-0.15, -0.1) is 23.7 Å². The van der Waals surface area contributed by atoms with Crippen LogP contribution in [0.1, 0.15) is 10.4 Å². The standard InChI is InChI=1S/C20H19N7OS.ClH/c28-19(26-20-22-8-11-29-20)14-2-1-3-15-17(14)25-18(24-15)13-4-5-16(23-12-13)27-9-6-21-7-10-27;/h1-5,8,11-12,21H,6-7,9-10H2,(H,24,25)(H,22,26,28);1H. The van der Waals surface area contributed by atoms with E-state index in [4.69, 9.17) is 0 Å². The van der Waals surface area contributed by atoms with Crippen molar-refractivity contribution in [3.05, 3.63) is 53.7 Å². The van der Waals surface area contributed by atoms with Crippen molar-refractivity contribution >= 4 is 51.6 Å². The van der Waals surface area contributed by atoms with E-state index >= 15 is 0 Å². The number of carbonyl (C=O) groups excluding carboxylic acids is 1. The summed E-state index contributed by atoms with van der Waals surface area (Å²) in [5.41, 5.74) is 2.82. The molecule has 1 saturated heterocycles. The summed E-state index contributed by atoms with van der Waals surface area (Å²) in [5.74, 6) is 1.43. The summed E-state index contributed by atoms with van der Waals surface area (Å²) in [7, 11) is 0. The first-order valence-corrected chi connectivity index (χ1v) is 10.3. The molecule has 4 aromatic rings. The fourth-order valence-electron chi connectivity index (χ4n) is 3.41. The molecule has 30 heavy (non-hydrogen) atoms. The van der Waals surface area contributed by atoms with Gasteiger partial charge in [0.1, 0.15) is 17.2 Å². The number of imidazole rings is 1. The lowest BCUT2D eigenvalue weighted by Gasteiger charge is -2.28. The topological polar surface area (TPSA) is 98.8 Å². The molecule has 0 aliphatic carbocycles. The lowest BCUT2D eigenvalue weighted by Crippen LogP contribution is -2.43. The third-order valence-electron chi connectivity index (χ3n) is 4.87. The number of piperazine rings is 1. The van der Waals surface area contributed by atoms with Crippen LogP contribution < -0.4 is 15.5 Å². The Morgan fingerprint density at radius 2 is 2.00 bits per heavy atom. The Kier molecular flexibility index (Phi) is 5.93. The zero-order valence-corrected chi connectivity index (χ0v) is 17.6. The van der Waals surface area contributed by atoms with Crippen molar-refractivity contribution < 1.29 is 4.79 Å². The highest BCUT2D eigenvalue weighted by Crippen LogP contribution is 2.25. The quantitative estimate of drug-likeness (QED) is 0.450. The molecule has 0 radical (unpaired) electrons. The van der Waals surface area contributed by atoms with Crippen LogP contribution in [-0.2, 0) is 0 Å². The summed E-state index contributed by atoms with van der Waals surface area (Å²) in [6.07, 6.45) is 3.48. The number of para-hydroxylation sites is 1. The van der Waals surface area contributed by atoms with E-state index in [1.165, 1.54) is 11.3 Å². The van der Waals surface area contributed by atoms with Gasteiger partial charge in [-0.3, -0.25) is 10.1 Å². The minimum absolute atomic E-state index is 0. The van der Waals surface area contributed by atoms with Gasteiger partial charge in [-0.05, 0) is 24.3 Å². The molecular weight excluding hydrogens is 422 g/mol. The number of thiazole rings is 1. The molecule has 1 aliphatic rings. The lowest BCUT2D eigenvalue weighted by molar-refractivity contribution is 0.102. The van der Waals surface area contributed by atoms with Crippen LogP contribution in [0.15, 0.2) is 48.1 Å². The Morgan fingerprint density at radius 1 is 1.13 bits per heavy atom. The van der Waals surface area contributed by atoms with Gasteiger partial charge in [0.15, 0.2) is 5.13 Å². The number of aromatic amines is 1. The van der Waals surface area contributed by atoms with Crippen molar-refractivity contribution in [2.24, 2.45) is 0 Å². The van der Waals surface area contributed by atoms with E-state index in [2.05, 4.69) is 35.5 Å². The summed E-state index contributed by atoms with van der Waals surface area (Å²) in [6.45, 7) is 3.85. The third-order valence-corrected chi connectivity index (χ3v) is 5.56. The Morgan fingerprint density at radius 3 is 2.73 bits per heavy atom. The number of hydrogen-bond donors (Lipinski definition) is 3. The minimum Gasteiger partial charge on any atom is -0.354 e. The van der Waals surface area contributed by atoms with E-state index in [0.29, 0.717) is 22.0 Å². The average molecular weight is 442 g/mol. The maximum atomic E-state index is 12.7. The summed E-state index contributed by atoms with van der Waals surface area (Å²) < 4.78 is 0. The molecule has 10 heteroatoms. The van der Waals surface area contributed by atoms with Crippen molar-refractivity contribution in [3.63, 3.8) is 0 Å². The van der Waals surface area contributed by atoms with Crippen molar-refractivity contribution in [1.82, 2.24) is 25.3 Å². The number of carbonyl (C=O) groups is 1. The Balaban J connectivity index is 0.00000218. The number of hydrogen-bond acceptors (Lipinski definition) is 7. The van der Waals surface area contributed by atoms with E-state index in [1.54, 1.807) is 12.3 Å². The maximum Gasteiger partial charge on any atom is 0.259 e. The van der Waals surface area contributed by atoms with Crippen LogP contribution in [0.2, 0.25) is 0 Å². The number of fused-ring (bicyclic) bond motifs is 1. The highest BCUT2D eigenvalue weighted by Gasteiger charge is 2.16. The molecule has 3 N–H and O–H groups in total. The number of aromatic nitrogens is 4. The molecule has 0 spiro atoms.